The van der Waals surface area contributed by atoms with E-state index in [0.717, 1.165) is 6.42 Å². The van der Waals surface area contributed by atoms with Crippen LogP contribution in [0, 0.1) is 11.8 Å². The van der Waals surface area contributed by atoms with Crippen LogP contribution in [-0.2, 0) is 9.59 Å². The van der Waals surface area contributed by atoms with Crippen LogP contribution < -0.4 is 5.32 Å². The van der Waals surface area contributed by atoms with E-state index in [1.54, 1.807) is 0 Å². The number of rotatable bonds is 4. The molecule has 0 saturated heterocycles. The molecule has 84 valence electrons. The maximum absolute atomic E-state index is 11.7. The summed E-state index contributed by atoms with van der Waals surface area (Å²) in [4.78, 5) is 22.6. The molecule has 0 radical (unpaired) electrons. The molecular weight excluding hydrogens is 194 g/mol. The highest BCUT2D eigenvalue weighted by Crippen LogP contribution is 2.25. The van der Waals surface area contributed by atoms with E-state index in [-0.39, 0.29) is 5.91 Å². The fraction of sp³-hybridized carbons (Fsp3) is 0.636. The topological polar surface area (TPSA) is 66.4 Å². The van der Waals surface area contributed by atoms with Gasteiger partial charge in [0.1, 0.15) is 0 Å². The summed E-state index contributed by atoms with van der Waals surface area (Å²) >= 11 is 0. The van der Waals surface area contributed by atoms with Gasteiger partial charge in [0.15, 0.2) is 0 Å². The Kier molecular flexibility index (Phi) is 4.34. The van der Waals surface area contributed by atoms with Gasteiger partial charge in [-0.15, -0.1) is 0 Å². The minimum Gasteiger partial charge on any atom is -0.481 e. The molecule has 4 heteroatoms. The Morgan fingerprint density at radius 2 is 1.93 bits per heavy atom. The van der Waals surface area contributed by atoms with Gasteiger partial charge in [-0.2, -0.15) is 0 Å². The average Bonchev–Trinajstić information content (AvgIpc) is 2.25. The molecule has 0 unspecified atom stereocenters. The minimum atomic E-state index is -0.879. The van der Waals surface area contributed by atoms with Crippen LogP contribution >= 0.6 is 0 Å². The Morgan fingerprint density at radius 1 is 1.33 bits per heavy atom. The molecule has 1 aliphatic rings. The Morgan fingerprint density at radius 3 is 2.47 bits per heavy atom. The highest BCUT2D eigenvalue weighted by atomic mass is 16.4. The Hall–Kier alpha value is -1.32. The van der Waals surface area contributed by atoms with Gasteiger partial charge in [0, 0.05) is 6.54 Å². The number of carbonyl (C=O) groups excluding carboxylic acids is 1. The standard InChI is InChI=1S/C11H17NO3/c1-2-7-12-10(13)8-5-3-4-6-9(8)11(14)15/h3-4,8-9H,2,5-7H2,1H3,(H,12,13)(H,14,15)/t8-,9+/m1/s1. The van der Waals surface area contributed by atoms with Crippen molar-refractivity contribution in [2.75, 3.05) is 6.54 Å². The smallest absolute Gasteiger partial charge is 0.307 e. The summed E-state index contributed by atoms with van der Waals surface area (Å²) in [6, 6.07) is 0. The van der Waals surface area contributed by atoms with E-state index in [4.69, 9.17) is 5.11 Å². The van der Waals surface area contributed by atoms with Gasteiger partial charge in [0.25, 0.3) is 0 Å². The van der Waals surface area contributed by atoms with E-state index in [0.29, 0.717) is 19.4 Å². The summed E-state index contributed by atoms with van der Waals surface area (Å²) in [7, 11) is 0. The van der Waals surface area contributed by atoms with Crippen molar-refractivity contribution in [1.82, 2.24) is 5.32 Å². The van der Waals surface area contributed by atoms with E-state index in [2.05, 4.69) is 5.32 Å². The monoisotopic (exact) mass is 211 g/mol. The fourth-order valence-electron chi connectivity index (χ4n) is 1.76. The van der Waals surface area contributed by atoms with E-state index >= 15 is 0 Å². The average molecular weight is 211 g/mol. The molecule has 1 rings (SSSR count). The lowest BCUT2D eigenvalue weighted by atomic mass is 9.82. The van der Waals surface area contributed by atoms with Gasteiger partial charge in [0.2, 0.25) is 5.91 Å². The minimum absolute atomic E-state index is 0.131. The second-order valence-electron chi connectivity index (χ2n) is 3.79. The molecule has 0 fully saturated rings. The third-order valence-corrected chi connectivity index (χ3v) is 2.64. The van der Waals surface area contributed by atoms with Gasteiger partial charge in [-0.05, 0) is 19.3 Å². The van der Waals surface area contributed by atoms with Crippen molar-refractivity contribution in [2.45, 2.75) is 26.2 Å². The van der Waals surface area contributed by atoms with Crippen molar-refractivity contribution < 1.29 is 14.7 Å². The normalized spacial score (nSPS) is 24.9. The first-order valence-electron chi connectivity index (χ1n) is 5.32. The van der Waals surface area contributed by atoms with E-state index in [9.17, 15) is 9.59 Å². The van der Waals surface area contributed by atoms with Crippen molar-refractivity contribution in [3.05, 3.63) is 12.2 Å². The van der Waals surface area contributed by atoms with Crippen LogP contribution in [0.15, 0.2) is 12.2 Å². The number of amides is 1. The van der Waals surface area contributed by atoms with Crippen molar-refractivity contribution >= 4 is 11.9 Å². The number of allylic oxidation sites excluding steroid dienone is 2. The van der Waals surface area contributed by atoms with Crippen LogP contribution in [0.5, 0.6) is 0 Å². The summed E-state index contributed by atoms with van der Waals surface area (Å²) in [6.45, 7) is 2.58. The molecule has 2 N–H and O–H groups in total. The van der Waals surface area contributed by atoms with E-state index < -0.39 is 17.8 Å². The molecule has 2 atom stereocenters. The number of nitrogens with one attached hydrogen (secondary N) is 1. The van der Waals surface area contributed by atoms with Gasteiger partial charge >= 0.3 is 5.97 Å². The number of carboxylic acids is 1. The maximum Gasteiger partial charge on any atom is 0.307 e. The van der Waals surface area contributed by atoms with E-state index in [1.165, 1.54) is 0 Å². The lowest BCUT2D eigenvalue weighted by molar-refractivity contribution is -0.147. The predicted octanol–water partition coefficient (Wildman–Crippen LogP) is 1.18. The molecule has 0 aromatic heterocycles. The van der Waals surface area contributed by atoms with E-state index in [1.807, 2.05) is 19.1 Å². The summed E-state index contributed by atoms with van der Waals surface area (Å²) < 4.78 is 0. The largest absolute Gasteiger partial charge is 0.481 e. The summed E-state index contributed by atoms with van der Waals surface area (Å²) in [6.07, 6.45) is 5.58. The van der Waals surface area contributed by atoms with Crippen LogP contribution in [0.2, 0.25) is 0 Å². The molecule has 0 bridgehead atoms. The summed E-state index contributed by atoms with van der Waals surface area (Å²) in [5.41, 5.74) is 0. The third-order valence-electron chi connectivity index (χ3n) is 2.64. The number of hydrogen-bond donors (Lipinski definition) is 2. The highest BCUT2D eigenvalue weighted by Gasteiger charge is 2.33. The Labute approximate surface area is 89.4 Å². The first-order valence-corrected chi connectivity index (χ1v) is 5.32. The molecular formula is C11H17NO3. The van der Waals surface area contributed by atoms with Gasteiger partial charge in [-0.1, -0.05) is 19.1 Å². The van der Waals surface area contributed by atoms with Gasteiger partial charge in [0.05, 0.1) is 11.8 Å². The molecule has 1 amide bonds. The second kappa shape index (κ2) is 5.53. The maximum atomic E-state index is 11.7. The molecule has 0 spiro atoms. The van der Waals surface area contributed by atoms with Gasteiger partial charge in [-0.3, -0.25) is 9.59 Å². The Balaban J connectivity index is 2.60. The van der Waals surface area contributed by atoms with Crippen LogP contribution in [0.4, 0.5) is 0 Å². The summed E-state index contributed by atoms with van der Waals surface area (Å²) in [5, 5.41) is 11.7. The van der Waals surface area contributed by atoms with Crippen LogP contribution in [0.3, 0.4) is 0 Å². The lowest BCUT2D eigenvalue weighted by Gasteiger charge is -2.24. The molecule has 0 aromatic carbocycles. The molecule has 0 aliphatic heterocycles. The number of carboxylic acid groups (broad SMARTS) is 1. The molecule has 0 saturated carbocycles. The zero-order valence-corrected chi connectivity index (χ0v) is 8.90. The highest BCUT2D eigenvalue weighted by molar-refractivity contribution is 5.85. The van der Waals surface area contributed by atoms with Gasteiger partial charge in [-0.25, -0.2) is 0 Å². The first-order chi connectivity index (χ1) is 7.16. The number of aliphatic carboxylic acids is 1. The zero-order chi connectivity index (χ0) is 11.3. The molecule has 1 aliphatic carbocycles. The number of carbonyl (C=O) groups is 2. The lowest BCUT2D eigenvalue weighted by Crippen LogP contribution is -2.39. The molecule has 4 nitrogen and oxygen atoms in total. The SMILES string of the molecule is CCCNC(=O)[C@@H]1CC=CC[C@@H]1C(=O)O. The van der Waals surface area contributed by atoms with Crippen molar-refractivity contribution in [3.63, 3.8) is 0 Å². The quantitative estimate of drug-likeness (QED) is 0.686. The number of hydrogen-bond acceptors (Lipinski definition) is 2. The van der Waals surface area contributed by atoms with Crippen LogP contribution in [-0.4, -0.2) is 23.5 Å². The van der Waals surface area contributed by atoms with Crippen molar-refractivity contribution in [1.29, 1.82) is 0 Å². The molecule has 15 heavy (non-hydrogen) atoms. The Bertz CT molecular complexity index is 273. The van der Waals surface area contributed by atoms with Crippen LogP contribution in [0.25, 0.3) is 0 Å². The zero-order valence-electron chi connectivity index (χ0n) is 8.90. The molecule has 0 aromatic rings. The van der Waals surface area contributed by atoms with Crippen LogP contribution in [0.1, 0.15) is 26.2 Å². The first kappa shape index (κ1) is 11.8. The third kappa shape index (κ3) is 3.08. The van der Waals surface area contributed by atoms with Gasteiger partial charge < -0.3 is 10.4 Å². The molecule has 0 heterocycles. The second-order valence-corrected chi connectivity index (χ2v) is 3.79. The summed E-state index contributed by atoms with van der Waals surface area (Å²) in [5.74, 6) is -1.98. The van der Waals surface area contributed by atoms with Crippen molar-refractivity contribution in [2.24, 2.45) is 11.8 Å². The predicted molar refractivity (Wildman–Crippen MR) is 56.3 cm³/mol. The fourth-order valence-corrected chi connectivity index (χ4v) is 1.76. The van der Waals surface area contributed by atoms with Crippen molar-refractivity contribution in [3.8, 4) is 0 Å².